The fourth-order valence-corrected chi connectivity index (χ4v) is 3.33. The molecule has 0 aromatic carbocycles. The molecule has 1 amide bonds. The van der Waals surface area contributed by atoms with Gasteiger partial charge in [0.1, 0.15) is 0 Å². The third kappa shape index (κ3) is 5.03. The number of hydrogen-bond acceptors (Lipinski definition) is 5. The third-order valence-corrected chi connectivity index (χ3v) is 5.19. The number of likely N-dealkylation sites (tertiary alicyclic amines) is 1. The zero-order valence-electron chi connectivity index (χ0n) is 15.7. The van der Waals surface area contributed by atoms with Crippen molar-refractivity contribution in [2.24, 2.45) is 10.6 Å². The van der Waals surface area contributed by atoms with Crippen molar-refractivity contribution in [3.05, 3.63) is 16.1 Å². The molecule has 24 heavy (non-hydrogen) atoms. The van der Waals surface area contributed by atoms with Gasteiger partial charge in [0, 0.05) is 42.1 Å². The maximum Gasteiger partial charge on any atom is 0.227 e. The van der Waals surface area contributed by atoms with E-state index in [2.05, 4.69) is 30.9 Å². The SMILES string of the molecule is CC(C)(C)C(=O)N1CCC(=NOCc2csc(C(C)(C)C)n2)CC1. The van der Waals surface area contributed by atoms with Crippen molar-refractivity contribution in [1.29, 1.82) is 0 Å². The van der Waals surface area contributed by atoms with Gasteiger partial charge in [-0.2, -0.15) is 0 Å². The van der Waals surface area contributed by atoms with E-state index >= 15 is 0 Å². The zero-order chi connectivity index (χ0) is 18.0. The Balaban J connectivity index is 1.81. The van der Waals surface area contributed by atoms with E-state index in [0.717, 1.165) is 42.3 Å². The predicted molar refractivity (Wildman–Crippen MR) is 98.3 cm³/mol. The monoisotopic (exact) mass is 351 g/mol. The number of thiazole rings is 1. The molecule has 0 saturated carbocycles. The molecule has 0 unspecified atom stereocenters. The summed E-state index contributed by atoms with van der Waals surface area (Å²) in [7, 11) is 0. The molecule has 1 aromatic heterocycles. The largest absolute Gasteiger partial charge is 0.389 e. The zero-order valence-corrected chi connectivity index (χ0v) is 16.5. The summed E-state index contributed by atoms with van der Waals surface area (Å²) in [4.78, 5) is 24.3. The minimum Gasteiger partial charge on any atom is -0.389 e. The summed E-state index contributed by atoms with van der Waals surface area (Å²) >= 11 is 1.66. The lowest BCUT2D eigenvalue weighted by molar-refractivity contribution is -0.139. The molecule has 0 aliphatic carbocycles. The number of oxime groups is 1. The molecule has 5 nitrogen and oxygen atoms in total. The second-order valence-electron chi connectivity index (χ2n) is 8.37. The van der Waals surface area contributed by atoms with E-state index in [-0.39, 0.29) is 16.7 Å². The molecule has 1 saturated heterocycles. The number of aromatic nitrogens is 1. The van der Waals surface area contributed by atoms with Crippen LogP contribution in [0.15, 0.2) is 10.5 Å². The first kappa shape index (κ1) is 18.9. The minimum atomic E-state index is -0.319. The Hall–Kier alpha value is -1.43. The molecule has 2 rings (SSSR count). The number of carbonyl (C=O) groups is 1. The molecule has 0 bridgehead atoms. The highest BCUT2D eigenvalue weighted by Gasteiger charge is 2.29. The Bertz CT molecular complexity index is 599. The van der Waals surface area contributed by atoms with Gasteiger partial charge in [-0.25, -0.2) is 4.98 Å². The van der Waals surface area contributed by atoms with E-state index in [1.165, 1.54) is 0 Å². The molecule has 134 valence electrons. The number of rotatable bonds is 3. The van der Waals surface area contributed by atoms with Crippen LogP contribution < -0.4 is 0 Å². The highest BCUT2D eigenvalue weighted by Crippen LogP contribution is 2.26. The van der Waals surface area contributed by atoms with Gasteiger partial charge in [-0.3, -0.25) is 4.79 Å². The van der Waals surface area contributed by atoms with E-state index in [4.69, 9.17) is 4.84 Å². The first-order valence-electron chi connectivity index (χ1n) is 8.49. The Morgan fingerprint density at radius 3 is 2.38 bits per heavy atom. The van der Waals surface area contributed by atoms with Crippen molar-refractivity contribution in [3.63, 3.8) is 0 Å². The fourth-order valence-electron chi connectivity index (χ4n) is 2.44. The summed E-state index contributed by atoms with van der Waals surface area (Å²) < 4.78 is 0. The lowest BCUT2D eigenvalue weighted by atomic mass is 9.93. The Labute approximate surface area is 149 Å². The van der Waals surface area contributed by atoms with Gasteiger partial charge in [0.25, 0.3) is 0 Å². The lowest BCUT2D eigenvalue weighted by Gasteiger charge is -2.32. The molecular formula is C18H29N3O2S. The van der Waals surface area contributed by atoms with Crippen molar-refractivity contribution >= 4 is 23.0 Å². The normalized spacial score (nSPS) is 16.2. The Morgan fingerprint density at radius 1 is 1.25 bits per heavy atom. The highest BCUT2D eigenvalue weighted by atomic mass is 32.1. The van der Waals surface area contributed by atoms with Gasteiger partial charge in [-0.15, -0.1) is 11.3 Å². The average Bonchev–Trinajstić information content (AvgIpc) is 2.95. The third-order valence-electron chi connectivity index (χ3n) is 3.87. The van der Waals surface area contributed by atoms with E-state index in [9.17, 15) is 4.79 Å². The second kappa shape index (κ2) is 7.21. The molecule has 2 heterocycles. The number of amides is 1. The fraction of sp³-hybridized carbons (Fsp3) is 0.722. The van der Waals surface area contributed by atoms with Crippen molar-refractivity contribution in [1.82, 2.24) is 9.88 Å². The minimum absolute atomic E-state index is 0.0707. The van der Waals surface area contributed by atoms with Gasteiger partial charge in [-0.05, 0) is 0 Å². The topological polar surface area (TPSA) is 54.8 Å². The van der Waals surface area contributed by atoms with Gasteiger partial charge in [-0.1, -0.05) is 46.7 Å². The summed E-state index contributed by atoms with van der Waals surface area (Å²) in [5.74, 6) is 0.208. The molecular weight excluding hydrogens is 322 g/mol. The maximum atomic E-state index is 12.3. The van der Waals surface area contributed by atoms with Crippen LogP contribution in [0.2, 0.25) is 0 Å². The smallest absolute Gasteiger partial charge is 0.227 e. The van der Waals surface area contributed by atoms with E-state index in [1.54, 1.807) is 11.3 Å². The Kier molecular flexibility index (Phi) is 5.68. The van der Waals surface area contributed by atoms with Crippen LogP contribution in [-0.4, -0.2) is 34.6 Å². The molecule has 1 fully saturated rings. The molecule has 0 N–H and O–H groups in total. The van der Waals surface area contributed by atoms with Crippen molar-refractivity contribution in [2.45, 2.75) is 66.4 Å². The molecule has 0 spiro atoms. The summed E-state index contributed by atoms with van der Waals surface area (Å²) in [5, 5.41) is 7.40. The summed E-state index contributed by atoms with van der Waals surface area (Å²) in [6.07, 6.45) is 1.57. The van der Waals surface area contributed by atoms with Crippen LogP contribution in [0.25, 0.3) is 0 Å². The summed E-state index contributed by atoms with van der Waals surface area (Å²) in [5.41, 5.74) is 1.70. The molecule has 1 aromatic rings. The first-order chi connectivity index (χ1) is 11.1. The van der Waals surface area contributed by atoms with E-state index < -0.39 is 0 Å². The number of carbonyl (C=O) groups excluding carboxylic acids is 1. The standard InChI is InChI=1S/C18H29N3O2S/c1-17(2,3)15-19-14(12-24-15)11-23-20-13-7-9-21(10-8-13)16(22)18(4,5)6/h12H,7-11H2,1-6H3. The van der Waals surface area contributed by atoms with Crippen LogP contribution >= 0.6 is 11.3 Å². The quantitative estimate of drug-likeness (QED) is 0.774. The number of nitrogens with zero attached hydrogens (tertiary/aromatic N) is 3. The van der Waals surface area contributed by atoms with Crippen LogP contribution in [0.4, 0.5) is 0 Å². The van der Waals surface area contributed by atoms with Gasteiger partial charge < -0.3 is 9.74 Å². The summed E-state index contributed by atoms with van der Waals surface area (Å²) in [6.45, 7) is 14.2. The number of piperidine rings is 1. The van der Waals surface area contributed by atoms with Crippen molar-refractivity contribution < 1.29 is 9.63 Å². The second-order valence-corrected chi connectivity index (χ2v) is 9.23. The predicted octanol–water partition coefficient (Wildman–Crippen LogP) is 3.98. The van der Waals surface area contributed by atoms with Gasteiger partial charge >= 0.3 is 0 Å². The van der Waals surface area contributed by atoms with Gasteiger partial charge in [0.05, 0.1) is 16.4 Å². The van der Waals surface area contributed by atoms with Crippen LogP contribution in [0.1, 0.15) is 65.1 Å². The molecule has 1 aliphatic heterocycles. The molecule has 6 heteroatoms. The van der Waals surface area contributed by atoms with Gasteiger partial charge in [0.2, 0.25) is 5.91 Å². The van der Waals surface area contributed by atoms with E-state index in [0.29, 0.717) is 6.61 Å². The summed E-state index contributed by atoms with van der Waals surface area (Å²) in [6, 6.07) is 0. The lowest BCUT2D eigenvalue weighted by Crippen LogP contribution is -2.44. The van der Waals surface area contributed by atoms with Crippen LogP contribution in [0, 0.1) is 5.41 Å². The number of hydrogen-bond donors (Lipinski definition) is 0. The Morgan fingerprint density at radius 2 is 1.88 bits per heavy atom. The highest BCUT2D eigenvalue weighted by molar-refractivity contribution is 7.09. The van der Waals surface area contributed by atoms with Crippen LogP contribution in [0.3, 0.4) is 0 Å². The van der Waals surface area contributed by atoms with Crippen molar-refractivity contribution in [2.75, 3.05) is 13.1 Å². The molecule has 1 aliphatic rings. The molecule has 0 radical (unpaired) electrons. The maximum absolute atomic E-state index is 12.3. The molecule has 0 atom stereocenters. The van der Waals surface area contributed by atoms with Gasteiger partial charge in [0.15, 0.2) is 6.61 Å². The average molecular weight is 352 g/mol. The first-order valence-corrected chi connectivity index (χ1v) is 9.37. The van der Waals surface area contributed by atoms with Crippen molar-refractivity contribution in [3.8, 4) is 0 Å². The van der Waals surface area contributed by atoms with Crippen LogP contribution in [-0.2, 0) is 21.7 Å². The van der Waals surface area contributed by atoms with Crippen LogP contribution in [0.5, 0.6) is 0 Å². The van der Waals surface area contributed by atoms with E-state index in [1.807, 2.05) is 31.1 Å².